The Hall–Kier alpha value is -4.62. The molecule has 0 radical (unpaired) electrons. The third-order valence-electron chi connectivity index (χ3n) is 9.47. The highest BCUT2D eigenvalue weighted by atomic mass is 32.1. The average Bonchev–Trinajstić information content (AvgIpc) is 3.63. The van der Waals surface area contributed by atoms with Crippen LogP contribution in [-0.4, -0.2) is 19.7 Å². The molecule has 7 heteroatoms. The van der Waals surface area contributed by atoms with Gasteiger partial charge in [0, 0.05) is 34.7 Å². The molecule has 2 heterocycles. The van der Waals surface area contributed by atoms with Crippen LogP contribution in [0.1, 0.15) is 37.4 Å². The van der Waals surface area contributed by atoms with E-state index in [0.29, 0.717) is 11.8 Å². The van der Waals surface area contributed by atoms with Crippen LogP contribution < -0.4 is 0 Å². The second-order valence-corrected chi connectivity index (χ2v) is 13.1. The number of rotatable bonds is 5. The number of nitro groups is 1. The molecule has 6 aromatic rings. The summed E-state index contributed by atoms with van der Waals surface area (Å²) in [6.45, 7) is 4.72. The van der Waals surface area contributed by atoms with Crippen molar-refractivity contribution in [2.24, 2.45) is 11.3 Å². The van der Waals surface area contributed by atoms with Gasteiger partial charge in [0.1, 0.15) is 5.01 Å². The molecular weight excluding hydrogens is 540 g/mol. The van der Waals surface area contributed by atoms with Crippen LogP contribution in [0.15, 0.2) is 97.1 Å². The number of aromatic nitrogens is 3. The summed E-state index contributed by atoms with van der Waals surface area (Å²) in [5.41, 5.74) is 10.3. The van der Waals surface area contributed by atoms with Crippen molar-refractivity contribution < 1.29 is 4.92 Å². The van der Waals surface area contributed by atoms with E-state index in [-0.39, 0.29) is 16.0 Å². The largest absolute Gasteiger partial charge is 0.269 e. The molecule has 42 heavy (non-hydrogen) atoms. The van der Waals surface area contributed by atoms with Gasteiger partial charge in [0.05, 0.1) is 32.2 Å². The average molecular weight is 569 g/mol. The summed E-state index contributed by atoms with van der Waals surface area (Å²) in [4.78, 5) is 15.8. The lowest BCUT2D eigenvalue weighted by Crippen LogP contribution is -2.48. The van der Waals surface area contributed by atoms with Gasteiger partial charge in [-0.15, -0.1) is 11.3 Å². The van der Waals surface area contributed by atoms with E-state index in [9.17, 15) is 10.1 Å². The van der Waals surface area contributed by atoms with Crippen LogP contribution in [0, 0.1) is 21.4 Å². The van der Waals surface area contributed by atoms with Gasteiger partial charge < -0.3 is 0 Å². The summed E-state index contributed by atoms with van der Waals surface area (Å²) in [5, 5.41) is 17.5. The number of thiazole rings is 1. The molecule has 9 rings (SSSR count). The molecule has 0 spiro atoms. The summed E-state index contributed by atoms with van der Waals surface area (Å²) >= 11 is 1.72. The van der Waals surface area contributed by atoms with Crippen molar-refractivity contribution in [3.8, 4) is 38.6 Å². The molecule has 4 aromatic carbocycles. The van der Waals surface area contributed by atoms with E-state index < -0.39 is 0 Å². The first-order valence-corrected chi connectivity index (χ1v) is 15.1. The zero-order valence-corrected chi connectivity index (χ0v) is 24.1. The standard InChI is InChI=1S/C35H28N4O2S/c1-35(2)25-19-28-32(29(35)20-25)37-38(26-14-16-27(17-15-26)39(40)41)33(28)22-12-10-21(11-13-22)23-6-5-7-24(18-23)34-36-30-8-3-4-9-31(30)42-34/h3-18,25,29H,19-20H2,1-2H3. The fourth-order valence-electron chi connectivity index (χ4n) is 6.87. The van der Waals surface area contributed by atoms with Gasteiger partial charge in [-0.1, -0.05) is 68.4 Å². The molecule has 0 saturated heterocycles. The molecule has 6 nitrogen and oxygen atoms in total. The van der Waals surface area contributed by atoms with E-state index in [1.807, 2.05) is 10.7 Å². The Kier molecular flexibility index (Phi) is 5.50. The Morgan fingerprint density at radius 2 is 1.62 bits per heavy atom. The first-order chi connectivity index (χ1) is 20.4. The molecule has 3 aliphatic carbocycles. The first kappa shape index (κ1) is 25.1. The van der Waals surface area contributed by atoms with Gasteiger partial charge in [-0.3, -0.25) is 10.1 Å². The molecule has 2 atom stereocenters. The maximum Gasteiger partial charge on any atom is 0.269 e. The van der Waals surface area contributed by atoms with Gasteiger partial charge in [0.25, 0.3) is 5.69 Å². The predicted molar refractivity (Wildman–Crippen MR) is 168 cm³/mol. The Bertz CT molecular complexity index is 1970. The summed E-state index contributed by atoms with van der Waals surface area (Å²) in [6, 6.07) is 32.3. The van der Waals surface area contributed by atoms with Crippen molar-refractivity contribution in [2.45, 2.75) is 32.6 Å². The quantitative estimate of drug-likeness (QED) is 0.154. The molecule has 0 amide bonds. The Morgan fingerprint density at radius 1 is 0.881 bits per heavy atom. The Morgan fingerprint density at radius 3 is 2.36 bits per heavy atom. The normalized spacial score (nSPS) is 18.4. The summed E-state index contributed by atoms with van der Waals surface area (Å²) in [5.74, 6) is 1.08. The summed E-state index contributed by atoms with van der Waals surface area (Å²) in [7, 11) is 0. The maximum atomic E-state index is 11.3. The summed E-state index contributed by atoms with van der Waals surface area (Å²) in [6.07, 6.45) is 2.19. The molecule has 0 N–H and O–H groups in total. The minimum absolute atomic E-state index is 0.0815. The van der Waals surface area contributed by atoms with Gasteiger partial charge >= 0.3 is 0 Å². The fourth-order valence-corrected chi connectivity index (χ4v) is 7.83. The van der Waals surface area contributed by atoms with Gasteiger partial charge in [-0.25, -0.2) is 9.67 Å². The number of fused-ring (bicyclic) bond motifs is 1. The van der Waals surface area contributed by atoms with E-state index >= 15 is 0 Å². The minimum Gasteiger partial charge on any atom is -0.258 e. The third kappa shape index (κ3) is 3.84. The van der Waals surface area contributed by atoms with Crippen LogP contribution in [0.3, 0.4) is 0 Å². The molecule has 2 aromatic heterocycles. The van der Waals surface area contributed by atoms with Crippen molar-refractivity contribution in [3.05, 3.63) is 118 Å². The topological polar surface area (TPSA) is 73.8 Å². The van der Waals surface area contributed by atoms with Crippen LogP contribution in [0.2, 0.25) is 0 Å². The van der Waals surface area contributed by atoms with Gasteiger partial charge in [0.2, 0.25) is 0 Å². The van der Waals surface area contributed by atoms with Crippen LogP contribution in [-0.2, 0) is 6.42 Å². The number of hydrogen-bond donors (Lipinski definition) is 0. The highest BCUT2D eigenvalue weighted by molar-refractivity contribution is 7.21. The Labute approximate surface area is 247 Å². The van der Waals surface area contributed by atoms with Crippen LogP contribution in [0.25, 0.3) is 48.9 Å². The molecule has 0 aliphatic heterocycles. The first-order valence-electron chi connectivity index (χ1n) is 14.3. The number of para-hydroxylation sites is 1. The van der Waals surface area contributed by atoms with Crippen molar-refractivity contribution in [1.82, 2.24) is 14.8 Å². The van der Waals surface area contributed by atoms with E-state index in [0.717, 1.165) is 50.6 Å². The fraction of sp³-hybridized carbons (Fsp3) is 0.200. The van der Waals surface area contributed by atoms with E-state index in [2.05, 4.69) is 80.6 Å². The number of nitro benzene ring substituents is 1. The number of benzene rings is 4. The van der Waals surface area contributed by atoms with E-state index in [1.165, 1.54) is 22.4 Å². The molecule has 3 aliphatic rings. The lowest BCUT2D eigenvalue weighted by Gasteiger charge is -2.55. The van der Waals surface area contributed by atoms with Crippen molar-refractivity contribution in [2.75, 3.05) is 0 Å². The molecule has 2 bridgehead atoms. The molecule has 1 saturated carbocycles. The highest BCUT2D eigenvalue weighted by Crippen LogP contribution is 2.63. The van der Waals surface area contributed by atoms with Gasteiger partial charge in [-0.2, -0.15) is 5.10 Å². The number of non-ortho nitro benzene ring substituents is 1. The van der Waals surface area contributed by atoms with Crippen molar-refractivity contribution in [3.63, 3.8) is 0 Å². The molecule has 206 valence electrons. The minimum atomic E-state index is -0.360. The SMILES string of the molecule is CC1(C)C2Cc3c(nn(-c4ccc([N+](=O)[O-])cc4)c3-c3ccc(-c4cccc(-c5nc6ccccc6s5)c4)cc3)C1C2. The van der Waals surface area contributed by atoms with Gasteiger partial charge in [-0.05, 0) is 65.6 Å². The monoisotopic (exact) mass is 568 g/mol. The second kappa shape index (κ2) is 9.19. The van der Waals surface area contributed by atoms with Gasteiger partial charge in [0.15, 0.2) is 0 Å². The number of hydrogen-bond acceptors (Lipinski definition) is 5. The van der Waals surface area contributed by atoms with Crippen LogP contribution in [0.5, 0.6) is 0 Å². The van der Waals surface area contributed by atoms with Crippen LogP contribution in [0.4, 0.5) is 5.69 Å². The van der Waals surface area contributed by atoms with E-state index in [1.54, 1.807) is 35.6 Å². The predicted octanol–water partition coefficient (Wildman–Crippen LogP) is 9.08. The third-order valence-corrected chi connectivity index (χ3v) is 10.6. The van der Waals surface area contributed by atoms with Crippen LogP contribution >= 0.6 is 11.3 Å². The zero-order valence-electron chi connectivity index (χ0n) is 23.3. The molecular formula is C35H28N4O2S. The molecule has 2 unspecified atom stereocenters. The Balaban J connectivity index is 1.19. The number of nitrogens with zero attached hydrogens (tertiary/aromatic N) is 4. The van der Waals surface area contributed by atoms with Crippen molar-refractivity contribution >= 4 is 27.2 Å². The zero-order chi connectivity index (χ0) is 28.6. The summed E-state index contributed by atoms with van der Waals surface area (Å²) < 4.78 is 3.20. The maximum absolute atomic E-state index is 11.3. The second-order valence-electron chi connectivity index (χ2n) is 12.1. The highest BCUT2D eigenvalue weighted by Gasteiger charge is 2.54. The molecule has 1 fully saturated rings. The smallest absolute Gasteiger partial charge is 0.258 e. The lowest BCUT2D eigenvalue weighted by atomic mass is 9.48. The van der Waals surface area contributed by atoms with Crippen molar-refractivity contribution in [1.29, 1.82) is 0 Å². The lowest BCUT2D eigenvalue weighted by molar-refractivity contribution is -0.384. The van der Waals surface area contributed by atoms with E-state index in [4.69, 9.17) is 10.1 Å².